The molecule has 2 aromatic heterocycles. The van der Waals surface area contributed by atoms with Gasteiger partial charge in [-0.2, -0.15) is 0 Å². The van der Waals surface area contributed by atoms with E-state index in [4.69, 9.17) is 9.15 Å². The highest BCUT2D eigenvalue weighted by Crippen LogP contribution is 2.33. The second-order valence-corrected chi connectivity index (χ2v) is 7.22. The molecule has 0 bridgehead atoms. The van der Waals surface area contributed by atoms with Gasteiger partial charge in [-0.1, -0.05) is 0 Å². The standard InChI is InChI=1S/C18H18N2O3S/c1-11-9-19-18(24-11)20-17(21)10-22-12-6-7-16-14(8-12)13-4-2-3-5-15(13)23-16/h6-9H,2-5,10H2,1H3,(H,19,20,21). The Labute approximate surface area is 143 Å². The van der Waals surface area contributed by atoms with Gasteiger partial charge < -0.3 is 9.15 Å². The average Bonchev–Trinajstić information content (AvgIpc) is 3.16. The van der Waals surface area contributed by atoms with Crippen LogP contribution in [0.4, 0.5) is 5.13 Å². The molecule has 0 aliphatic heterocycles. The van der Waals surface area contributed by atoms with Crippen molar-refractivity contribution in [3.63, 3.8) is 0 Å². The molecule has 3 aromatic rings. The largest absolute Gasteiger partial charge is 0.484 e. The van der Waals surface area contributed by atoms with Crippen molar-refractivity contribution in [1.82, 2.24) is 4.98 Å². The summed E-state index contributed by atoms with van der Waals surface area (Å²) in [5, 5.41) is 4.45. The molecule has 2 heterocycles. The summed E-state index contributed by atoms with van der Waals surface area (Å²) in [6.07, 6.45) is 6.18. The van der Waals surface area contributed by atoms with Crippen molar-refractivity contribution in [1.29, 1.82) is 0 Å². The lowest BCUT2D eigenvalue weighted by atomic mass is 9.96. The molecule has 0 spiro atoms. The monoisotopic (exact) mass is 342 g/mol. The lowest BCUT2D eigenvalue weighted by molar-refractivity contribution is -0.118. The third-order valence-electron chi connectivity index (χ3n) is 4.16. The predicted molar refractivity (Wildman–Crippen MR) is 93.8 cm³/mol. The van der Waals surface area contributed by atoms with Crippen LogP contribution in [0.2, 0.25) is 0 Å². The van der Waals surface area contributed by atoms with E-state index in [1.807, 2.05) is 25.1 Å². The third-order valence-corrected chi connectivity index (χ3v) is 4.99. The number of nitrogens with one attached hydrogen (secondary N) is 1. The Balaban J connectivity index is 1.45. The molecule has 1 aliphatic carbocycles. The highest BCUT2D eigenvalue weighted by Gasteiger charge is 2.18. The molecule has 1 aliphatic rings. The fourth-order valence-corrected chi connectivity index (χ4v) is 3.73. The maximum absolute atomic E-state index is 12.0. The van der Waals surface area contributed by atoms with E-state index in [-0.39, 0.29) is 12.5 Å². The quantitative estimate of drug-likeness (QED) is 0.775. The maximum Gasteiger partial charge on any atom is 0.264 e. The van der Waals surface area contributed by atoms with Gasteiger partial charge in [-0.15, -0.1) is 11.3 Å². The Hall–Kier alpha value is -2.34. The average molecular weight is 342 g/mol. The van der Waals surface area contributed by atoms with E-state index in [9.17, 15) is 4.79 Å². The zero-order valence-electron chi connectivity index (χ0n) is 13.4. The molecule has 1 aromatic carbocycles. The Morgan fingerprint density at radius 2 is 2.25 bits per heavy atom. The number of nitrogens with zero attached hydrogens (tertiary/aromatic N) is 1. The maximum atomic E-state index is 12.0. The molecule has 0 fully saturated rings. The molecular formula is C18H18N2O3S. The van der Waals surface area contributed by atoms with Gasteiger partial charge in [0.2, 0.25) is 0 Å². The van der Waals surface area contributed by atoms with Crippen LogP contribution in [0.1, 0.15) is 29.0 Å². The number of hydrogen-bond acceptors (Lipinski definition) is 5. The van der Waals surface area contributed by atoms with Gasteiger partial charge in [-0.25, -0.2) is 4.98 Å². The van der Waals surface area contributed by atoms with Crippen LogP contribution in [0.15, 0.2) is 28.8 Å². The van der Waals surface area contributed by atoms with Gasteiger partial charge in [0.1, 0.15) is 17.1 Å². The lowest BCUT2D eigenvalue weighted by Crippen LogP contribution is -2.19. The van der Waals surface area contributed by atoms with Crippen LogP contribution in [0, 0.1) is 6.92 Å². The Morgan fingerprint density at radius 3 is 3.08 bits per heavy atom. The number of carbonyl (C=O) groups is 1. The van der Waals surface area contributed by atoms with Crippen LogP contribution in [0.3, 0.4) is 0 Å². The molecule has 4 rings (SSSR count). The number of rotatable bonds is 4. The van der Waals surface area contributed by atoms with E-state index in [2.05, 4.69) is 10.3 Å². The summed E-state index contributed by atoms with van der Waals surface area (Å²) in [4.78, 5) is 17.1. The summed E-state index contributed by atoms with van der Waals surface area (Å²) in [5.41, 5.74) is 2.20. The number of amides is 1. The smallest absolute Gasteiger partial charge is 0.264 e. The number of fused-ring (bicyclic) bond motifs is 3. The van der Waals surface area contributed by atoms with Crippen molar-refractivity contribution >= 4 is 33.3 Å². The number of thiazole rings is 1. The molecule has 0 saturated heterocycles. The van der Waals surface area contributed by atoms with Crippen molar-refractivity contribution in [3.05, 3.63) is 40.6 Å². The summed E-state index contributed by atoms with van der Waals surface area (Å²) in [5.74, 6) is 1.58. The Morgan fingerprint density at radius 1 is 1.38 bits per heavy atom. The van der Waals surface area contributed by atoms with Crippen molar-refractivity contribution in [2.45, 2.75) is 32.6 Å². The first-order chi connectivity index (χ1) is 11.7. The van der Waals surface area contributed by atoms with Crippen LogP contribution < -0.4 is 10.1 Å². The van der Waals surface area contributed by atoms with Gasteiger partial charge in [0.25, 0.3) is 5.91 Å². The normalized spacial score (nSPS) is 13.7. The van der Waals surface area contributed by atoms with E-state index < -0.39 is 0 Å². The summed E-state index contributed by atoms with van der Waals surface area (Å²) in [6.45, 7) is 1.91. The second-order valence-electron chi connectivity index (χ2n) is 5.98. The van der Waals surface area contributed by atoms with Crippen LogP contribution in [-0.4, -0.2) is 17.5 Å². The van der Waals surface area contributed by atoms with Gasteiger partial charge in [0, 0.05) is 28.4 Å². The molecule has 0 unspecified atom stereocenters. The fourth-order valence-electron chi connectivity index (χ4n) is 3.05. The Bertz CT molecular complexity index is 897. The van der Waals surface area contributed by atoms with Gasteiger partial charge in [0.05, 0.1) is 0 Å². The number of benzene rings is 1. The van der Waals surface area contributed by atoms with Crippen LogP contribution in [-0.2, 0) is 17.6 Å². The van der Waals surface area contributed by atoms with Crippen LogP contribution in [0.5, 0.6) is 5.75 Å². The molecule has 1 N–H and O–H groups in total. The first kappa shape index (κ1) is 15.2. The van der Waals surface area contributed by atoms with E-state index in [1.165, 1.54) is 29.7 Å². The molecule has 124 valence electrons. The fraction of sp³-hybridized carbons (Fsp3) is 0.333. The number of ether oxygens (including phenoxy) is 1. The second kappa shape index (κ2) is 6.28. The topological polar surface area (TPSA) is 64.4 Å². The van der Waals surface area contributed by atoms with Crippen molar-refractivity contribution in [2.75, 3.05) is 11.9 Å². The van der Waals surface area contributed by atoms with Crippen molar-refractivity contribution < 1.29 is 13.9 Å². The molecule has 1 amide bonds. The molecule has 6 heteroatoms. The first-order valence-corrected chi connectivity index (χ1v) is 8.90. The molecule has 0 radical (unpaired) electrons. The van der Waals surface area contributed by atoms with E-state index in [0.717, 1.165) is 34.4 Å². The van der Waals surface area contributed by atoms with E-state index in [1.54, 1.807) is 6.20 Å². The highest BCUT2D eigenvalue weighted by molar-refractivity contribution is 7.15. The van der Waals surface area contributed by atoms with Gasteiger partial charge >= 0.3 is 0 Å². The molecule has 5 nitrogen and oxygen atoms in total. The minimum Gasteiger partial charge on any atom is -0.484 e. The number of anilines is 1. The van der Waals surface area contributed by atoms with Gasteiger partial charge in [0.15, 0.2) is 11.7 Å². The predicted octanol–water partition coefficient (Wildman–Crippen LogP) is 4.09. The minimum absolute atomic E-state index is 0.0375. The number of aromatic nitrogens is 1. The highest BCUT2D eigenvalue weighted by atomic mass is 32.1. The Kier molecular flexibility index (Phi) is 3.98. The zero-order chi connectivity index (χ0) is 16.5. The van der Waals surface area contributed by atoms with Gasteiger partial charge in [-0.05, 0) is 44.4 Å². The van der Waals surface area contributed by atoms with Gasteiger partial charge in [-0.3, -0.25) is 10.1 Å². The molecule has 0 atom stereocenters. The summed E-state index contributed by atoms with van der Waals surface area (Å²) in [7, 11) is 0. The number of carbonyl (C=O) groups excluding carboxylic acids is 1. The van der Waals surface area contributed by atoms with E-state index >= 15 is 0 Å². The van der Waals surface area contributed by atoms with Crippen molar-refractivity contribution in [2.24, 2.45) is 0 Å². The van der Waals surface area contributed by atoms with Crippen LogP contribution >= 0.6 is 11.3 Å². The first-order valence-electron chi connectivity index (χ1n) is 8.08. The molecule has 24 heavy (non-hydrogen) atoms. The summed E-state index contributed by atoms with van der Waals surface area (Å²) >= 11 is 1.45. The number of aryl methyl sites for hydroxylation is 3. The lowest BCUT2D eigenvalue weighted by Gasteiger charge is -2.09. The number of furan rings is 1. The molecule has 0 saturated carbocycles. The minimum atomic E-state index is -0.210. The zero-order valence-corrected chi connectivity index (χ0v) is 14.2. The summed E-state index contributed by atoms with van der Waals surface area (Å²) < 4.78 is 11.5. The molecular weight excluding hydrogens is 324 g/mol. The third kappa shape index (κ3) is 3.01. The summed E-state index contributed by atoms with van der Waals surface area (Å²) in [6, 6.07) is 5.74. The number of hydrogen-bond donors (Lipinski definition) is 1. The van der Waals surface area contributed by atoms with Crippen molar-refractivity contribution in [3.8, 4) is 5.75 Å². The SMILES string of the molecule is Cc1cnc(NC(=O)COc2ccc3oc4c(c3c2)CCCC4)s1. The van der Waals surface area contributed by atoms with E-state index in [0.29, 0.717) is 10.9 Å². The van der Waals surface area contributed by atoms with Crippen LogP contribution in [0.25, 0.3) is 11.0 Å².